The van der Waals surface area contributed by atoms with Crippen molar-refractivity contribution in [3.8, 4) is 0 Å². The Morgan fingerprint density at radius 1 is 1.44 bits per heavy atom. The van der Waals surface area contributed by atoms with Gasteiger partial charge < -0.3 is 15.9 Å². The van der Waals surface area contributed by atoms with Crippen LogP contribution in [0.15, 0.2) is 0 Å². The largest absolute Gasteiger partial charge is 0.375 e. The van der Waals surface area contributed by atoms with E-state index in [4.69, 9.17) is 10.2 Å². The van der Waals surface area contributed by atoms with Gasteiger partial charge in [-0.2, -0.15) is 0 Å². The Morgan fingerprint density at radius 2 is 1.78 bits per heavy atom. The summed E-state index contributed by atoms with van der Waals surface area (Å²) in [5.41, 5.74) is 2.77. The van der Waals surface area contributed by atoms with Gasteiger partial charge in [0, 0.05) is 6.26 Å². The summed E-state index contributed by atoms with van der Waals surface area (Å²) >= 11 is 0. The number of sulfone groups is 1. The van der Waals surface area contributed by atoms with Crippen LogP contribution >= 0.6 is 0 Å². The summed E-state index contributed by atoms with van der Waals surface area (Å²) in [4.78, 5) is 0. The quantitative estimate of drug-likeness (QED) is 0.387. The van der Waals surface area contributed by atoms with Crippen LogP contribution in [0.1, 0.15) is 0 Å². The molecular weight excluding hydrogens is 146 g/mol. The number of hydrogen-bond acceptors (Lipinski definition) is 5. The van der Waals surface area contributed by atoms with E-state index in [0.29, 0.717) is 0 Å². The highest BCUT2D eigenvalue weighted by Crippen LogP contribution is 1.95. The molecule has 0 saturated heterocycles. The van der Waals surface area contributed by atoms with Gasteiger partial charge in [-0.15, -0.1) is 0 Å². The second kappa shape index (κ2) is 2.61. The zero-order chi connectivity index (χ0) is 7.65. The molecule has 4 N–H and O–H groups in total. The first-order valence-corrected chi connectivity index (χ1v) is 4.11. The second-order valence-electron chi connectivity index (χ2n) is 1.71. The van der Waals surface area contributed by atoms with Gasteiger partial charge in [0.05, 0.1) is 0 Å². The van der Waals surface area contributed by atoms with Gasteiger partial charge in [-0.3, -0.25) is 0 Å². The maximum atomic E-state index is 10.3. The van der Waals surface area contributed by atoms with Crippen molar-refractivity contribution in [2.75, 3.05) is 6.26 Å². The van der Waals surface area contributed by atoms with Crippen molar-refractivity contribution in [2.24, 2.45) is 5.73 Å². The van der Waals surface area contributed by atoms with E-state index in [9.17, 15) is 8.42 Å². The lowest BCUT2D eigenvalue weighted by molar-refractivity contribution is 0.0727. The minimum atomic E-state index is -3.62. The Labute approximate surface area is 53.0 Å². The molecule has 0 heterocycles. The van der Waals surface area contributed by atoms with Crippen LogP contribution in [-0.4, -0.2) is 36.6 Å². The fourth-order valence-electron chi connectivity index (χ4n) is 0.253. The summed E-state index contributed by atoms with van der Waals surface area (Å²) in [7, 11) is -3.62. The Balaban J connectivity index is 4.24. The maximum Gasteiger partial charge on any atom is 0.194 e. The number of aliphatic hydroxyl groups excluding tert-OH is 2. The lowest BCUT2D eigenvalue weighted by atomic mass is 10.6. The van der Waals surface area contributed by atoms with Crippen LogP contribution in [-0.2, 0) is 9.84 Å². The highest BCUT2D eigenvalue weighted by Gasteiger charge is 2.22. The fraction of sp³-hybridized carbons (Fsp3) is 1.00. The first-order valence-electron chi connectivity index (χ1n) is 2.16. The Kier molecular flexibility index (Phi) is 2.56. The number of aliphatic hydroxyl groups is 2. The van der Waals surface area contributed by atoms with Crippen LogP contribution in [0.5, 0.6) is 0 Å². The highest BCUT2D eigenvalue weighted by atomic mass is 32.2. The Morgan fingerprint density at radius 3 is 1.78 bits per heavy atom. The lowest BCUT2D eigenvalue weighted by Gasteiger charge is -2.09. The molecule has 0 amide bonds. The molecule has 0 fully saturated rings. The smallest absolute Gasteiger partial charge is 0.194 e. The topological polar surface area (TPSA) is 101 Å². The fourth-order valence-corrected chi connectivity index (χ4v) is 0.760. The summed E-state index contributed by atoms with van der Waals surface area (Å²) in [5.74, 6) is 0. The zero-order valence-corrected chi connectivity index (χ0v) is 5.67. The first kappa shape index (κ1) is 8.83. The van der Waals surface area contributed by atoms with Crippen LogP contribution in [0.25, 0.3) is 0 Å². The lowest BCUT2D eigenvalue weighted by Crippen LogP contribution is -2.39. The zero-order valence-electron chi connectivity index (χ0n) is 4.85. The van der Waals surface area contributed by atoms with E-state index in [0.717, 1.165) is 6.26 Å². The van der Waals surface area contributed by atoms with E-state index in [1.807, 2.05) is 0 Å². The molecule has 0 aromatic carbocycles. The SMILES string of the molecule is CS(=O)(=O)C(O)C(N)O. The molecule has 2 atom stereocenters. The minimum absolute atomic E-state index is 0.785. The van der Waals surface area contributed by atoms with Gasteiger partial charge in [0.1, 0.15) is 6.23 Å². The van der Waals surface area contributed by atoms with E-state index in [2.05, 4.69) is 5.73 Å². The molecule has 5 nitrogen and oxygen atoms in total. The van der Waals surface area contributed by atoms with Gasteiger partial charge in [-0.05, 0) is 0 Å². The maximum absolute atomic E-state index is 10.3. The monoisotopic (exact) mass is 155 g/mol. The minimum Gasteiger partial charge on any atom is -0.375 e. The van der Waals surface area contributed by atoms with Gasteiger partial charge in [0.2, 0.25) is 0 Å². The second-order valence-corrected chi connectivity index (χ2v) is 3.85. The Hall–Kier alpha value is -0.170. The number of rotatable bonds is 2. The molecule has 56 valence electrons. The summed E-state index contributed by atoms with van der Waals surface area (Å²) in [5, 5.41) is 16.8. The van der Waals surface area contributed by atoms with Crippen LogP contribution in [0.2, 0.25) is 0 Å². The molecule has 6 heteroatoms. The molecule has 0 aromatic rings. The van der Waals surface area contributed by atoms with E-state index in [1.165, 1.54) is 0 Å². The predicted molar refractivity (Wildman–Crippen MR) is 31.0 cm³/mol. The molecule has 0 aliphatic carbocycles. The molecule has 0 radical (unpaired) electrons. The third-order valence-corrected chi connectivity index (χ3v) is 1.89. The van der Waals surface area contributed by atoms with E-state index in [1.54, 1.807) is 0 Å². The van der Waals surface area contributed by atoms with Crippen molar-refractivity contribution in [1.29, 1.82) is 0 Å². The van der Waals surface area contributed by atoms with Crippen LogP contribution in [0, 0.1) is 0 Å². The molecule has 0 saturated carbocycles. The summed E-state index contributed by atoms with van der Waals surface area (Å²) < 4.78 is 20.6. The van der Waals surface area contributed by atoms with Crippen molar-refractivity contribution < 1.29 is 18.6 Å². The van der Waals surface area contributed by atoms with Crippen molar-refractivity contribution in [2.45, 2.75) is 11.7 Å². The molecular formula is C3H9NO4S. The first-order chi connectivity index (χ1) is 3.85. The third-order valence-electron chi connectivity index (χ3n) is 0.731. The van der Waals surface area contributed by atoms with Crippen LogP contribution < -0.4 is 5.73 Å². The van der Waals surface area contributed by atoms with Crippen molar-refractivity contribution in [3.05, 3.63) is 0 Å². The molecule has 0 aliphatic heterocycles. The molecule has 0 bridgehead atoms. The standard InChI is InChI=1S/C3H9NO4S/c1-9(7,8)3(6)2(4)5/h2-3,5-6H,4H2,1H3. The van der Waals surface area contributed by atoms with Gasteiger partial charge >= 0.3 is 0 Å². The average Bonchev–Trinajstić information content (AvgIpc) is 1.62. The third kappa shape index (κ3) is 2.75. The van der Waals surface area contributed by atoms with E-state index >= 15 is 0 Å². The summed E-state index contributed by atoms with van der Waals surface area (Å²) in [6.45, 7) is 0. The van der Waals surface area contributed by atoms with Crippen molar-refractivity contribution >= 4 is 9.84 Å². The molecule has 9 heavy (non-hydrogen) atoms. The number of hydrogen-bond donors (Lipinski definition) is 3. The van der Waals surface area contributed by atoms with Gasteiger partial charge in [-0.1, -0.05) is 0 Å². The normalized spacial score (nSPS) is 19.1. The summed E-state index contributed by atoms with van der Waals surface area (Å²) in [6.07, 6.45) is -0.937. The Bertz CT molecular complexity index is 172. The molecule has 0 spiro atoms. The molecule has 2 unspecified atom stereocenters. The van der Waals surface area contributed by atoms with Gasteiger partial charge in [0.15, 0.2) is 15.3 Å². The van der Waals surface area contributed by atoms with Crippen LogP contribution in [0.3, 0.4) is 0 Å². The van der Waals surface area contributed by atoms with Crippen molar-refractivity contribution in [3.63, 3.8) is 0 Å². The van der Waals surface area contributed by atoms with Gasteiger partial charge in [-0.25, -0.2) is 8.42 Å². The molecule has 0 rings (SSSR count). The van der Waals surface area contributed by atoms with Crippen molar-refractivity contribution in [1.82, 2.24) is 0 Å². The average molecular weight is 155 g/mol. The summed E-state index contributed by atoms with van der Waals surface area (Å²) in [6, 6.07) is 0. The van der Waals surface area contributed by atoms with E-state index < -0.39 is 21.5 Å². The predicted octanol–water partition coefficient (Wildman–Crippen LogP) is -2.37. The van der Waals surface area contributed by atoms with E-state index in [-0.39, 0.29) is 0 Å². The molecule has 0 aliphatic rings. The highest BCUT2D eigenvalue weighted by molar-refractivity contribution is 7.91. The van der Waals surface area contributed by atoms with Crippen LogP contribution in [0.4, 0.5) is 0 Å². The van der Waals surface area contributed by atoms with Gasteiger partial charge in [0.25, 0.3) is 0 Å². The molecule has 0 aromatic heterocycles. The number of nitrogens with two attached hydrogens (primary N) is 1.